The van der Waals surface area contributed by atoms with Crippen LogP contribution in [0, 0.1) is 0 Å². The van der Waals surface area contributed by atoms with Crippen LogP contribution >= 0.6 is 0 Å². The first kappa shape index (κ1) is 16.6. The van der Waals surface area contributed by atoms with Gasteiger partial charge in [-0.25, -0.2) is 4.98 Å². The van der Waals surface area contributed by atoms with Gasteiger partial charge in [0.1, 0.15) is 11.5 Å². The Hall–Kier alpha value is -3.28. The number of aromatic nitrogens is 2. The van der Waals surface area contributed by atoms with Crippen molar-refractivity contribution in [3.63, 3.8) is 0 Å². The SMILES string of the molecule is COc1ccc(OC)c(NC(=O)c2ccc(Cn3ccnc3)cc2)c1. The van der Waals surface area contributed by atoms with Crippen molar-refractivity contribution in [3.8, 4) is 11.5 Å². The lowest BCUT2D eigenvalue weighted by molar-refractivity contribution is 0.102. The van der Waals surface area contributed by atoms with Crippen LogP contribution < -0.4 is 14.8 Å². The maximum atomic E-state index is 12.5. The van der Waals surface area contributed by atoms with Crippen LogP contribution in [0.2, 0.25) is 0 Å². The van der Waals surface area contributed by atoms with E-state index in [2.05, 4.69) is 10.3 Å². The van der Waals surface area contributed by atoms with Gasteiger partial charge in [0.05, 0.1) is 26.2 Å². The first-order valence-electron chi connectivity index (χ1n) is 7.77. The smallest absolute Gasteiger partial charge is 0.255 e. The highest BCUT2D eigenvalue weighted by atomic mass is 16.5. The number of ether oxygens (including phenoxy) is 2. The standard InChI is InChI=1S/C19H19N3O3/c1-24-16-7-8-18(25-2)17(11-16)21-19(23)15-5-3-14(4-6-15)12-22-10-9-20-13-22/h3-11,13H,12H2,1-2H3,(H,21,23). The Morgan fingerprint density at radius 2 is 1.92 bits per heavy atom. The summed E-state index contributed by atoms with van der Waals surface area (Å²) in [5, 5.41) is 2.86. The number of carbonyl (C=O) groups excluding carboxylic acids is 1. The molecule has 1 amide bonds. The number of rotatable bonds is 6. The van der Waals surface area contributed by atoms with Crippen LogP contribution in [-0.4, -0.2) is 29.7 Å². The summed E-state index contributed by atoms with van der Waals surface area (Å²) in [5.74, 6) is 1.01. The van der Waals surface area contributed by atoms with Crippen molar-refractivity contribution in [2.45, 2.75) is 6.54 Å². The number of methoxy groups -OCH3 is 2. The van der Waals surface area contributed by atoms with E-state index in [1.807, 2.05) is 22.9 Å². The molecule has 6 nitrogen and oxygen atoms in total. The number of nitrogens with zero attached hydrogens (tertiary/aromatic N) is 2. The summed E-state index contributed by atoms with van der Waals surface area (Å²) in [6.45, 7) is 0.714. The lowest BCUT2D eigenvalue weighted by atomic mass is 10.1. The quantitative estimate of drug-likeness (QED) is 0.750. The molecular weight excluding hydrogens is 318 g/mol. The van der Waals surface area contributed by atoms with Crippen molar-refractivity contribution in [1.29, 1.82) is 0 Å². The Morgan fingerprint density at radius 3 is 2.56 bits per heavy atom. The summed E-state index contributed by atoms with van der Waals surface area (Å²) in [6, 6.07) is 12.7. The minimum atomic E-state index is -0.208. The average Bonchev–Trinajstić information content (AvgIpc) is 3.15. The fraction of sp³-hybridized carbons (Fsp3) is 0.158. The number of hydrogen-bond donors (Lipinski definition) is 1. The number of nitrogens with one attached hydrogen (secondary N) is 1. The lowest BCUT2D eigenvalue weighted by Gasteiger charge is -2.12. The maximum absolute atomic E-state index is 12.5. The van der Waals surface area contributed by atoms with E-state index in [1.54, 1.807) is 57.1 Å². The van der Waals surface area contributed by atoms with E-state index < -0.39 is 0 Å². The number of carbonyl (C=O) groups is 1. The third-order valence-electron chi connectivity index (χ3n) is 3.80. The van der Waals surface area contributed by atoms with Gasteiger partial charge in [-0.2, -0.15) is 0 Å². The van der Waals surface area contributed by atoms with Gasteiger partial charge in [0.15, 0.2) is 0 Å². The van der Waals surface area contributed by atoms with Gasteiger partial charge in [-0.3, -0.25) is 4.79 Å². The van der Waals surface area contributed by atoms with E-state index >= 15 is 0 Å². The van der Waals surface area contributed by atoms with Crippen molar-refractivity contribution in [1.82, 2.24) is 9.55 Å². The Morgan fingerprint density at radius 1 is 1.12 bits per heavy atom. The molecule has 0 radical (unpaired) electrons. The van der Waals surface area contributed by atoms with E-state index in [-0.39, 0.29) is 5.91 Å². The molecule has 0 aliphatic carbocycles. The van der Waals surface area contributed by atoms with Gasteiger partial charge < -0.3 is 19.4 Å². The molecular formula is C19H19N3O3. The van der Waals surface area contributed by atoms with Crippen LogP contribution in [0.3, 0.4) is 0 Å². The van der Waals surface area contributed by atoms with Gasteiger partial charge in [0.25, 0.3) is 5.91 Å². The molecule has 0 aliphatic rings. The van der Waals surface area contributed by atoms with Crippen molar-refractivity contribution in [2.24, 2.45) is 0 Å². The zero-order valence-corrected chi connectivity index (χ0v) is 14.1. The molecule has 128 valence electrons. The van der Waals surface area contributed by atoms with Gasteiger partial charge in [-0.05, 0) is 29.8 Å². The molecule has 1 aromatic heterocycles. The van der Waals surface area contributed by atoms with E-state index in [0.29, 0.717) is 29.3 Å². The van der Waals surface area contributed by atoms with Crippen molar-refractivity contribution in [3.05, 3.63) is 72.3 Å². The van der Waals surface area contributed by atoms with Gasteiger partial charge >= 0.3 is 0 Å². The fourth-order valence-electron chi connectivity index (χ4n) is 2.46. The molecule has 2 aromatic carbocycles. The maximum Gasteiger partial charge on any atom is 0.255 e. The molecule has 0 bridgehead atoms. The van der Waals surface area contributed by atoms with Crippen molar-refractivity contribution >= 4 is 11.6 Å². The zero-order chi connectivity index (χ0) is 17.6. The highest BCUT2D eigenvalue weighted by Gasteiger charge is 2.11. The van der Waals surface area contributed by atoms with E-state index in [0.717, 1.165) is 5.56 Å². The number of hydrogen-bond acceptors (Lipinski definition) is 4. The fourth-order valence-corrected chi connectivity index (χ4v) is 2.46. The second kappa shape index (κ2) is 7.53. The molecule has 0 aliphatic heterocycles. The molecule has 1 heterocycles. The molecule has 0 atom stereocenters. The second-order valence-corrected chi connectivity index (χ2v) is 5.45. The highest BCUT2D eigenvalue weighted by molar-refractivity contribution is 6.05. The van der Waals surface area contributed by atoms with Gasteiger partial charge in [0, 0.05) is 30.6 Å². The first-order valence-corrected chi connectivity index (χ1v) is 7.77. The summed E-state index contributed by atoms with van der Waals surface area (Å²) in [4.78, 5) is 16.5. The average molecular weight is 337 g/mol. The van der Waals surface area contributed by atoms with E-state index in [4.69, 9.17) is 9.47 Å². The Bertz CT molecular complexity index is 843. The minimum Gasteiger partial charge on any atom is -0.497 e. The number of benzene rings is 2. The molecule has 0 saturated heterocycles. The molecule has 0 saturated carbocycles. The van der Waals surface area contributed by atoms with Crippen LogP contribution in [-0.2, 0) is 6.54 Å². The lowest BCUT2D eigenvalue weighted by Crippen LogP contribution is -2.13. The monoisotopic (exact) mass is 337 g/mol. The van der Waals surface area contributed by atoms with Crippen LogP contribution in [0.25, 0.3) is 0 Å². The summed E-state index contributed by atoms with van der Waals surface area (Å²) < 4.78 is 12.4. The number of imidazole rings is 1. The third-order valence-corrected chi connectivity index (χ3v) is 3.80. The molecule has 1 N–H and O–H groups in total. The van der Waals surface area contributed by atoms with Crippen LogP contribution in [0.5, 0.6) is 11.5 Å². The summed E-state index contributed by atoms with van der Waals surface area (Å²) in [5.41, 5.74) is 2.22. The molecule has 3 aromatic rings. The third kappa shape index (κ3) is 3.98. The summed E-state index contributed by atoms with van der Waals surface area (Å²) in [7, 11) is 3.13. The molecule has 0 unspecified atom stereocenters. The molecule has 6 heteroatoms. The van der Waals surface area contributed by atoms with E-state index in [1.165, 1.54) is 0 Å². The van der Waals surface area contributed by atoms with Crippen molar-refractivity contribution in [2.75, 3.05) is 19.5 Å². The predicted octanol–water partition coefficient (Wildman–Crippen LogP) is 3.20. The topological polar surface area (TPSA) is 65.4 Å². The van der Waals surface area contributed by atoms with Gasteiger partial charge in [-0.1, -0.05) is 12.1 Å². The molecule has 3 rings (SSSR count). The van der Waals surface area contributed by atoms with Crippen LogP contribution in [0.15, 0.2) is 61.2 Å². The van der Waals surface area contributed by atoms with Crippen LogP contribution in [0.1, 0.15) is 15.9 Å². The molecule has 0 fully saturated rings. The Labute approximate surface area is 146 Å². The number of amides is 1. The molecule has 0 spiro atoms. The molecule has 25 heavy (non-hydrogen) atoms. The van der Waals surface area contributed by atoms with Crippen LogP contribution in [0.4, 0.5) is 5.69 Å². The number of anilines is 1. The highest BCUT2D eigenvalue weighted by Crippen LogP contribution is 2.29. The van der Waals surface area contributed by atoms with Gasteiger partial charge in [-0.15, -0.1) is 0 Å². The summed E-state index contributed by atoms with van der Waals surface area (Å²) >= 11 is 0. The van der Waals surface area contributed by atoms with Gasteiger partial charge in [0.2, 0.25) is 0 Å². The first-order chi connectivity index (χ1) is 12.2. The predicted molar refractivity (Wildman–Crippen MR) is 95.3 cm³/mol. The summed E-state index contributed by atoms with van der Waals surface area (Å²) in [6.07, 6.45) is 5.40. The largest absolute Gasteiger partial charge is 0.497 e. The normalized spacial score (nSPS) is 10.3. The van der Waals surface area contributed by atoms with Crippen molar-refractivity contribution < 1.29 is 14.3 Å². The Kier molecular flexibility index (Phi) is 4.99. The zero-order valence-electron chi connectivity index (χ0n) is 14.1. The second-order valence-electron chi connectivity index (χ2n) is 5.45. The Balaban J connectivity index is 1.73. The minimum absolute atomic E-state index is 0.208. The van der Waals surface area contributed by atoms with E-state index in [9.17, 15) is 4.79 Å².